The van der Waals surface area contributed by atoms with Crippen molar-refractivity contribution >= 4 is 11.8 Å². The Morgan fingerprint density at radius 1 is 1.69 bits per heavy atom. The largest absolute Gasteiger partial charge is 0.334 e. The third kappa shape index (κ3) is 3.92. The second-order valence-corrected chi connectivity index (χ2v) is 3.17. The molecule has 0 aliphatic carbocycles. The number of nitriles is 1. The summed E-state index contributed by atoms with van der Waals surface area (Å²) in [5.74, 6) is 0.381. The van der Waals surface area contributed by atoms with Crippen LogP contribution in [0.2, 0.25) is 0 Å². The summed E-state index contributed by atoms with van der Waals surface area (Å²) in [4.78, 5) is 11.5. The first-order valence-electron chi connectivity index (χ1n) is 4.98. The number of carbonyl (C=O) groups is 1. The molecule has 0 saturated heterocycles. The fourth-order valence-electron chi connectivity index (χ4n) is 1.11. The van der Waals surface area contributed by atoms with Crippen molar-refractivity contribution in [3.8, 4) is 6.07 Å². The first-order valence-corrected chi connectivity index (χ1v) is 4.98. The van der Waals surface area contributed by atoms with Gasteiger partial charge in [-0.2, -0.15) is 10.4 Å². The summed E-state index contributed by atoms with van der Waals surface area (Å²) in [6.07, 6.45) is 2.53. The van der Waals surface area contributed by atoms with Crippen LogP contribution in [0.15, 0.2) is 18.3 Å². The van der Waals surface area contributed by atoms with Crippen LogP contribution in [-0.2, 0) is 0 Å². The van der Waals surface area contributed by atoms with E-state index in [1.807, 2.05) is 13.0 Å². The second kappa shape index (κ2) is 6.35. The predicted molar refractivity (Wildman–Crippen MR) is 58.5 cm³/mol. The van der Waals surface area contributed by atoms with Gasteiger partial charge in [-0.1, -0.05) is 6.92 Å². The van der Waals surface area contributed by atoms with Gasteiger partial charge in [0.2, 0.25) is 0 Å². The Kier molecular flexibility index (Phi) is 4.73. The molecule has 16 heavy (non-hydrogen) atoms. The van der Waals surface area contributed by atoms with Crippen molar-refractivity contribution in [2.75, 3.05) is 5.32 Å². The average molecular weight is 219 g/mol. The number of rotatable bonds is 4. The molecule has 1 atom stereocenters. The zero-order valence-electron chi connectivity index (χ0n) is 8.97. The molecular formula is C10H13N5O. The topological polar surface area (TPSA) is 90.7 Å². The molecule has 0 unspecified atom stereocenters. The molecule has 6 nitrogen and oxygen atoms in total. The van der Waals surface area contributed by atoms with Crippen molar-refractivity contribution in [3.05, 3.63) is 18.3 Å². The Balaban J connectivity index is 2.44. The van der Waals surface area contributed by atoms with E-state index in [1.54, 1.807) is 12.1 Å². The number of aromatic nitrogens is 2. The van der Waals surface area contributed by atoms with Crippen molar-refractivity contribution in [3.63, 3.8) is 0 Å². The SMILES string of the molecule is CC[C@H](CC#N)NC(=O)Nc1cccnn1. The van der Waals surface area contributed by atoms with Crippen LogP contribution < -0.4 is 10.6 Å². The van der Waals surface area contributed by atoms with E-state index in [0.717, 1.165) is 0 Å². The third-order valence-electron chi connectivity index (χ3n) is 1.98. The predicted octanol–water partition coefficient (Wildman–Crippen LogP) is 1.29. The van der Waals surface area contributed by atoms with E-state index < -0.39 is 0 Å². The average Bonchev–Trinajstić information content (AvgIpc) is 2.29. The third-order valence-corrected chi connectivity index (χ3v) is 1.98. The van der Waals surface area contributed by atoms with Gasteiger partial charge in [-0.25, -0.2) is 4.79 Å². The zero-order valence-corrected chi connectivity index (χ0v) is 8.97. The lowest BCUT2D eigenvalue weighted by Gasteiger charge is -2.13. The number of carbonyl (C=O) groups excluding carboxylic acids is 1. The van der Waals surface area contributed by atoms with Crippen LogP contribution in [-0.4, -0.2) is 22.3 Å². The highest BCUT2D eigenvalue weighted by atomic mass is 16.2. The number of nitrogens with one attached hydrogen (secondary N) is 2. The van der Waals surface area contributed by atoms with Gasteiger partial charge >= 0.3 is 6.03 Å². The van der Waals surface area contributed by atoms with Crippen LogP contribution in [0, 0.1) is 11.3 Å². The van der Waals surface area contributed by atoms with Crippen LogP contribution in [0.3, 0.4) is 0 Å². The molecule has 0 spiro atoms. The molecule has 0 aliphatic rings. The van der Waals surface area contributed by atoms with Gasteiger partial charge in [-0.3, -0.25) is 5.32 Å². The minimum Gasteiger partial charge on any atom is -0.334 e. The molecule has 0 fully saturated rings. The Morgan fingerprint density at radius 2 is 2.50 bits per heavy atom. The Morgan fingerprint density at radius 3 is 3.06 bits per heavy atom. The highest BCUT2D eigenvalue weighted by molar-refractivity contribution is 5.88. The quantitative estimate of drug-likeness (QED) is 0.798. The lowest BCUT2D eigenvalue weighted by Crippen LogP contribution is -2.37. The molecule has 0 saturated carbocycles. The lowest BCUT2D eigenvalue weighted by molar-refractivity contribution is 0.248. The molecule has 0 radical (unpaired) electrons. The van der Waals surface area contributed by atoms with Gasteiger partial charge < -0.3 is 5.32 Å². The van der Waals surface area contributed by atoms with E-state index >= 15 is 0 Å². The molecule has 0 bridgehead atoms. The number of hydrogen-bond acceptors (Lipinski definition) is 4. The van der Waals surface area contributed by atoms with Crippen molar-refractivity contribution in [2.24, 2.45) is 0 Å². The Bertz CT molecular complexity index is 373. The highest BCUT2D eigenvalue weighted by Crippen LogP contribution is 2.00. The molecule has 2 amide bonds. The summed E-state index contributed by atoms with van der Waals surface area (Å²) in [5, 5.41) is 21.1. The van der Waals surface area contributed by atoms with Gasteiger partial charge in [0, 0.05) is 12.2 Å². The molecule has 1 heterocycles. The molecule has 84 valence electrons. The zero-order chi connectivity index (χ0) is 11.8. The molecule has 1 aromatic heterocycles. The van der Waals surface area contributed by atoms with Crippen molar-refractivity contribution in [1.82, 2.24) is 15.5 Å². The lowest BCUT2D eigenvalue weighted by atomic mass is 10.2. The standard InChI is InChI=1S/C10H13N5O/c1-2-8(5-6-11)13-10(16)14-9-4-3-7-12-15-9/h3-4,7-8H,2,5H2,1H3,(H2,13,14,15,16)/t8-/m1/s1. The molecule has 6 heteroatoms. The van der Waals surface area contributed by atoms with E-state index in [1.165, 1.54) is 6.20 Å². The van der Waals surface area contributed by atoms with Crippen molar-refractivity contribution in [2.45, 2.75) is 25.8 Å². The molecular weight excluding hydrogens is 206 g/mol. The molecule has 1 rings (SSSR count). The second-order valence-electron chi connectivity index (χ2n) is 3.17. The minimum absolute atomic E-state index is 0.137. The first-order chi connectivity index (χ1) is 7.76. The van der Waals surface area contributed by atoms with Crippen LogP contribution in [0.25, 0.3) is 0 Å². The van der Waals surface area contributed by atoms with Crippen LogP contribution >= 0.6 is 0 Å². The number of urea groups is 1. The van der Waals surface area contributed by atoms with Gasteiger partial charge in [0.25, 0.3) is 0 Å². The maximum Gasteiger partial charge on any atom is 0.320 e. The number of anilines is 1. The Labute approximate surface area is 93.7 Å². The van der Waals surface area contributed by atoms with Crippen LogP contribution in [0.1, 0.15) is 19.8 Å². The first kappa shape index (κ1) is 11.9. The van der Waals surface area contributed by atoms with E-state index in [0.29, 0.717) is 18.7 Å². The van der Waals surface area contributed by atoms with Crippen molar-refractivity contribution < 1.29 is 4.79 Å². The maximum absolute atomic E-state index is 11.5. The number of hydrogen-bond donors (Lipinski definition) is 2. The van der Waals surface area contributed by atoms with E-state index in [4.69, 9.17) is 5.26 Å². The van der Waals surface area contributed by atoms with Crippen LogP contribution in [0.4, 0.5) is 10.6 Å². The fourth-order valence-corrected chi connectivity index (χ4v) is 1.11. The summed E-state index contributed by atoms with van der Waals surface area (Å²) < 4.78 is 0. The summed E-state index contributed by atoms with van der Waals surface area (Å²) >= 11 is 0. The van der Waals surface area contributed by atoms with E-state index in [-0.39, 0.29) is 12.1 Å². The monoisotopic (exact) mass is 219 g/mol. The molecule has 2 N–H and O–H groups in total. The van der Waals surface area contributed by atoms with Gasteiger partial charge in [0.15, 0.2) is 5.82 Å². The molecule has 0 aromatic carbocycles. The Hall–Kier alpha value is -2.16. The van der Waals surface area contributed by atoms with Gasteiger partial charge in [0.05, 0.1) is 12.5 Å². The molecule has 0 aliphatic heterocycles. The minimum atomic E-state index is -0.373. The number of amides is 2. The highest BCUT2D eigenvalue weighted by Gasteiger charge is 2.09. The maximum atomic E-state index is 11.5. The van der Waals surface area contributed by atoms with Crippen molar-refractivity contribution in [1.29, 1.82) is 5.26 Å². The van der Waals surface area contributed by atoms with E-state index in [2.05, 4.69) is 20.8 Å². The van der Waals surface area contributed by atoms with E-state index in [9.17, 15) is 4.79 Å². The fraction of sp³-hybridized carbons (Fsp3) is 0.400. The summed E-state index contributed by atoms with van der Waals surface area (Å²) in [5.41, 5.74) is 0. The smallest absolute Gasteiger partial charge is 0.320 e. The molecule has 1 aromatic rings. The van der Waals surface area contributed by atoms with Crippen LogP contribution in [0.5, 0.6) is 0 Å². The summed E-state index contributed by atoms with van der Waals surface area (Å²) in [6, 6.07) is 4.82. The number of nitrogens with zero attached hydrogens (tertiary/aromatic N) is 3. The normalized spacial score (nSPS) is 11.2. The summed E-state index contributed by atoms with van der Waals surface area (Å²) in [6.45, 7) is 1.91. The van der Waals surface area contributed by atoms with Gasteiger partial charge in [0.1, 0.15) is 0 Å². The van der Waals surface area contributed by atoms with Gasteiger partial charge in [-0.05, 0) is 18.6 Å². The van der Waals surface area contributed by atoms with Gasteiger partial charge in [-0.15, -0.1) is 5.10 Å². The summed E-state index contributed by atoms with van der Waals surface area (Å²) in [7, 11) is 0.